The summed E-state index contributed by atoms with van der Waals surface area (Å²) in [4.78, 5) is 30.3. The minimum Gasteiger partial charge on any atom is -0.497 e. The van der Waals surface area contributed by atoms with Crippen LogP contribution in [0.25, 0.3) is 5.57 Å². The summed E-state index contributed by atoms with van der Waals surface area (Å²) in [7, 11) is 1.60. The van der Waals surface area contributed by atoms with Gasteiger partial charge in [0.15, 0.2) is 0 Å². The lowest BCUT2D eigenvalue weighted by atomic mass is 10.0. The van der Waals surface area contributed by atoms with Crippen LogP contribution in [0.5, 0.6) is 11.5 Å². The van der Waals surface area contributed by atoms with Crippen LogP contribution in [0.15, 0.2) is 54.2 Å². The average Bonchev–Trinajstić information content (AvgIpc) is 3.35. The van der Waals surface area contributed by atoms with Gasteiger partial charge in [-0.2, -0.15) is 0 Å². The molecule has 2 aliphatic rings. The van der Waals surface area contributed by atoms with Gasteiger partial charge in [0.1, 0.15) is 17.2 Å². The van der Waals surface area contributed by atoms with Gasteiger partial charge in [0.05, 0.1) is 25.0 Å². The Balaban J connectivity index is 1.82. The van der Waals surface area contributed by atoms with Crippen LogP contribution in [-0.4, -0.2) is 43.5 Å². The van der Waals surface area contributed by atoms with Crippen molar-refractivity contribution in [3.05, 3.63) is 59.8 Å². The SMILES string of the molecule is CCOc1ccccc1N1C(=O)C(c2ccc(OC)cc2)=C(N2CCCC2)C1=O. The third-order valence-electron chi connectivity index (χ3n) is 5.27. The summed E-state index contributed by atoms with van der Waals surface area (Å²) in [6.45, 7) is 3.87. The number of hydrogen-bond acceptors (Lipinski definition) is 5. The van der Waals surface area contributed by atoms with Crippen molar-refractivity contribution >= 4 is 23.1 Å². The zero-order chi connectivity index (χ0) is 20.4. The first kappa shape index (κ1) is 19.1. The molecule has 150 valence electrons. The van der Waals surface area contributed by atoms with Crippen LogP contribution < -0.4 is 14.4 Å². The molecule has 0 unspecified atom stereocenters. The number of hydrogen-bond donors (Lipinski definition) is 0. The number of rotatable bonds is 6. The number of ether oxygens (including phenoxy) is 2. The van der Waals surface area contributed by atoms with Gasteiger partial charge in [0, 0.05) is 13.1 Å². The molecule has 4 rings (SSSR count). The third kappa shape index (κ3) is 3.35. The number of amides is 2. The molecule has 0 atom stereocenters. The van der Waals surface area contributed by atoms with Gasteiger partial charge in [-0.05, 0) is 49.6 Å². The summed E-state index contributed by atoms with van der Waals surface area (Å²) in [5.74, 6) is 0.602. The van der Waals surface area contributed by atoms with Crippen molar-refractivity contribution in [2.24, 2.45) is 0 Å². The van der Waals surface area contributed by atoms with Crippen LogP contribution in [0.4, 0.5) is 5.69 Å². The van der Waals surface area contributed by atoms with Crippen molar-refractivity contribution in [1.82, 2.24) is 4.90 Å². The van der Waals surface area contributed by atoms with Gasteiger partial charge >= 0.3 is 0 Å². The molecule has 1 fully saturated rings. The highest BCUT2D eigenvalue weighted by Crippen LogP contribution is 2.39. The van der Waals surface area contributed by atoms with Gasteiger partial charge in [-0.3, -0.25) is 9.59 Å². The normalized spacial score (nSPS) is 16.8. The molecule has 0 N–H and O–H groups in total. The monoisotopic (exact) mass is 392 g/mol. The number of imide groups is 1. The standard InChI is InChI=1S/C23H24N2O4/c1-3-29-19-9-5-4-8-18(19)25-22(26)20(16-10-12-17(28-2)13-11-16)21(23(25)27)24-14-6-7-15-24/h4-5,8-13H,3,6-7,14-15H2,1-2H3. The van der Waals surface area contributed by atoms with E-state index in [4.69, 9.17) is 9.47 Å². The van der Waals surface area contributed by atoms with E-state index in [1.54, 1.807) is 37.4 Å². The van der Waals surface area contributed by atoms with E-state index in [0.717, 1.165) is 25.9 Å². The molecule has 6 nitrogen and oxygen atoms in total. The fraction of sp³-hybridized carbons (Fsp3) is 0.304. The predicted octanol–water partition coefficient (Wildman–Crippen LogP) is 3.47. The number of para-hydroxylation sites is 2. The molecule has 29 heavy (non-hydrogen) atoms. The maximum Gasteiger partial charge on any atom is 0.282 e. The Labute approximate surface area is 170 Å². The molecule has 0 saturated carbocycles. The molecule has 0 aromatic heterocycles. The molecule has 6 heteroatoms. The Hall–Kier alpha value is -3.28. The summed E-state index contributed by atoms with van der Waals surface area (Å²) in [6.07, 6.45) is 2.02. The van der Waals surface area contributed by atoms with Crippen molar-refractivity contribution in [3.8, 4) is 11.5 Å². The van der Waals surface area contributed by atoms with E-state index < -0.39 is 0 Å². The molecule has 0 radical (unpaired) electrons. The van der Waals surface area contributed by atoms with Crippen LogP contribution in [0, 0.1) is 0 Å². The highest BCUT2D eigenvalue weighted by atomic mass is 16.5. The molecule has 0 aliphatic carbocycles. The first-order chi connectivity index (χ1) is 14.2. The summed E-state index contributed by atoms with van der Waals surface area (Å²) < 4.78 is 10.9. The van der Waals surface area contributed by atoms with Gasteiger partial charge in [0.2, 0.25) is 0 Å². The lowest BCUT2D eigenvalue weighted by molar-refractivity contribution is -0.120. The van der Waals surface area contributed by atoms with Gasteiger partial charge in [-0.1, -0.05) is 24.3 Å². The van der Waals surface area contributed by atoms with Crippen molar-refractivity contribution < 1.29 is 19.1 Å². The molecule has 2 aromatic rings. The van der Waals surface area contributed by atoms with E-state index in [-0.39, 0.29) is 11.8 Å². The van der Waals surface area contributed by atoms with E-state index in [2.05, 4.69) is 0 Å². The maximum absolute atomic E-state index is 13.5. The first-order valence-electron chi connectivity index (χ1n) is 9.90. The van der Waals surface area contributed by atoms with E-state index in [0.29, 0.717) is 40.6 Å². The van der Waals surface area contributed by atoms with Gasteiger partial charge in [0.25, 0.3) is 11.8 Å². The molecule has 2 amide bonds. The average molecular weight is 392 g/mol. The molecule has 2 aromatic carbocycles. The van der Waals surface area contributed by atoms with Crippen molar-refractivity contribution in [3.63, 3.8) is 0 Å². The predicted molar refractivity (Wildman–Crippen MR) is 111 cm³/mol. The first-order valence-corrected chi connectivity index (χ1v) is 9.90. The third-order valence-corrected chi connectivity index (χ3v) is 5.27. The van der Waals surface area contributed by atoms with Gasteiger partial charge in [-0.15, -0.1) is 0 Å². The van der Waals surface area contributed by atoms with E-state index in [1.807, 2.05) is 30.0 Å². The Kier molecular flexibility index (Phi) is 5.25. The van der Waals surface area contributed by atoms with Gasteiger partial charge < -0.3 is 14.4 Å². The van der Waals surface area contributed by atoms with Crippen LogP contribution in [0.1, 0.15) is 25.3 Å². The largest absolute Gasteiger partial charge is 0.497 e. The number of nitrogens with zero attached hydrogens (tertiary/aromatic N) is 2. The summed E-state index contributed by atoms with van der Waals surface area (Å²) in [5.41, 5.74) is 2.10. The van der Waals surface area contributed by atoms with Crippen LogP contribution >= 0.6 is 0 Å². The summed E-state index contributed by atoms with van der Waals surface area (Å²) in [6, 6.07) is 14.4. The highest BCUT2D eigenvalue weighted by molar-refractivity contribution is 6.45. The molecule has 0 spiro atoms. The summed E-state index contributed by atoms with van der Waals surface area (Å²) >= 11 is 0. The molecule has 1 saturated heterocycles. The van der Waals surface area contributed by atoms with E-state index >= 15 is 0 Å². The second kappa shape index (κ2) is 7.99. The highest BCUT2D eigenvalue weighted by Gasteiger charge is 2.43. The quantitative estimate of drug-likeness (QED) is 0.705. The van der Waals surface area contributed by atoms with Crippen LogP contribution in [-0.2, 0) is 9.59 Å². The van der Waals surface area contributed by atoms with Crippen molar-refractivity contribution in [1.29, 1.82) is 0 Å². The number of likely N-dealkylation sites (tertiary alicyclic amines) is 1. The number of anilines is 1. The molecular formula is C23H24N2O4. The number of carbonyl (C=O) groups excluding carboxylic acids is 2. The fourth-order valence-corrected chi connectivity index (χ4v) is 3.91. The lowest BCUT2D eigenvalue weighted by Gasteiger charge is -2.21. The molecule has 2 heterocycles. The summed E-state index contributed by atoms with van der Waals surface area (Å²) in [5, 5.41) is 0. The van der Waals surface area contributed by atoms with E-state index in [9.17, 15) is 9.59 Å². The number of methoxy groups -OCH3 is 1. The van der Waals surface area contributed by atoms with Crippen LogP contribution in [0.2, 0.25) is 0 Å². The van der Waals surface area contributed by atoms with Gasteiger partial charge in [-0.25, -0.2) is 4.90 Å². The number of carbonyl (C=O) groups is 2. The Morgan fingerprint density at radius 3 is 2.28 bits per heavy atom. The molecular weight excluding hydrogens is 368 g/mol. The number of benzene rings is 2. The minimum atomic E-state index is -0.325. The van der Waals surface area contributed by atoms with Crippen molar-refractivity contribution in [2.45, 2.75) is 19.8 Å². The fourth-order valence-electron chi connectivity index (χ4n) is 3.91. The van der Waals surface area contributed by atoms with Crippen LogP contribution in [0.3, 0.4) is 0 Å². The zero-order valence-corrected chi connectivity index (χ0v) is 16.7. The topological polar surface area (TPSA) is 59.1 Å². The van der Waals surface area contributed by atoms with E-state index in [1.165, 1.54) is 4.90 Å². The second-order valence-corrected chi connectivity index (χ2v) is 6.99. The zero-order valence-electron chi connectivity index (χ0n) is 16.7. The lowest BCUT2D eigenvalue weighted by Crippen LogP contribution is -2.34. The Bertz CT molecular complexity index is 959. The Morgan fingerprint density at radius 1 is 0.931 bits per heavy atom. The molecule has 2 aliphatic heterocycles. The van der Waals surface area contributed by atoms with Crippen molar-refractivity contribution in [2.75, 3.05) is 31.7 Å². The minimum absolute atomic E-state index is 0.296. The smallest absolute Gasteiger partial charge is 0.282 e. The maximum atomic E-state index is 13.5. The molecule has 0 bridgehead atoms. The second-order valence-electron chi connectivity index (χ2n) is 6.99. The Morgan fingerprint density at radius 2 is 1.62 bits per heavy atom.